The van der Waals surface area contributed by atoms with Crippen LogP contribution in [0.5, 0.6) is 0 Å². The summed E-state index contributed by atoms with van der Waals surface area (Å²) in [6, 6.07) is 7.51. The van der Waals surface area contributed by atoms with Crippen molar-refractivity contribution < 1.29 is 9.32 Å². The zero-order valence-electron chi connectivity index (χ0n) is 15.9. The van der Waals surface area contributed by atoms with E-state index in [0.29, 0.717) is 18.3 Å². The Hall–Kier alpha value is -2.65. The average molecular weight is 398 g/mol. The number of likely N-dealkylation sites (tertiary alicyclic amines) is 1. The van der Waals surface area contributed by atoms with Crippen LogP contribution in [0.1, 0.15) is 36.0 Å². The van der Waals surface area contributed by atoms with Crippen molar-refractivity contribution in [1.82, 2.24) is 25.2 Å². The number of nitrogens with one attached hydrogen (secondary N) is 1. The van der Waals surface area contributed by atoms with E-state index in [2.05, 4.69) is 30.6 Å². The van der Waals surface area contributed by atoms with Crippen LogP contribution in [0.25, 0.3) is 10.6 Å². The fourth-order valence-corrected chi connectivity index (χ4v) is 4.11. The minimum atomic E-state index is -0.214. The minimum Gasteiger partial charge on any atom is -0.338 e. The Bertz CT molecular complexity index is 969. The summed E-state index contributed by atoms with van der Waals surface area (Å²) in [5.41, 5.74) is 1.71. The highest BCUT2D eigenvalue weighted by molar-refractivity contribution is 7.14. The lowest BCUT2D eigenvalue weighted by molar-refractivity contribution is -0.122. The van der Waals surface area contributed by atoms with Gasteiger partial charge in [0.05, 0.1) is 12.6 Å². The van der Waals surface area contributed by atoms with Crippen LogP contribution in [0.2, 0.25) is 0 Å². The Kier molecular flexibility index (Phi) is 5.45. The van der Waals surface area contributed by atoms with Crippen LogP contribution in [0.3, 0.4) is 0 Å². The zero-order chi connectivity index (χ0) is 19.5. The van der Waals surface area contributed by atoms with E-state index in [1.54, 1.807) is 6.92 Å². The number of anilines is 1. The van der Waals surface area contributed by atoms with Gasteiger partial charge in [-0.05, 0) is 45.4 Å². The molecule has 2 aromatic heterocycles. The molecule has 1 aromatic carbocycles. The summed E-state index contributed by atoms with van der Waals surface area (Å²) >= 11 is 1.53. The van der Waals surface area contributed by atoms with E-state index in [1.165, 1.54) is 11.3 Å². The third-order valence-electron chi connectivity index (χ3n) is 4.73. The number of hydrogen-bond donors (Lipinski definition) is 1. The van der Waals surface area contributed by atoms with Gasteiger partial charge in [0.15, 0.2) is 5.82 Å². The lowest BCUT2D eigenvalue weighted by atomic mass is 10.0. The van der Waals surface area contributed by atoms with E-state index < -0.39 is 0 Å². The van der Waals surface area contributed by atoms with Gasteiger partial charge in [-0.1, -0.05) is 35.0 Å². The van der Waals surface area contributed by atoms with Gasteiger partial charge >= 0.3 is 0 Å². The van der Waals surface area contributed by atoms with Crippen molar-refractivity contribution >= 4 is 22.9 Å². The number of aromatic nitrogens is 4. The molecule has 146 valence electrons. The Morgan fingerprint density at radius 3 is 2.96 bits per heavy atom. The molecule has 1 N–H and O–H groups in total. The van der Waals surface area contributed by atoms with E-state index in [9.17, 15) is 4.79 Å². The second-order valence-electron chi connectivity index (χ2n) is 6.91. The molecule has 8 nitrogen and oxygen atoms in total. The van der Waals surface area contributed by atoms with Crippen molar-refractivity contribution in [2.45, 2.75) is 45.7 Å². The molecule has 0 radical (unpaired) electrons. The summed E-state index contributed by atoms with van der Waals surface area (Å²) in [5.74, 6) is 1.14. The summed E-state index contributed by atoms with van der Waals surface area (Å²) in [6.45, 7) is 5.04. The summed E-state index contributed by atoms with van der Waals surface area (Å²) in [5, 5.41) is 16.9. The molecule has 9 heteroatoms. The van der Waals surface area contributed by atoms with Gasteiger partial charge in [-0.15, -0.1) is 10.2 Å². The molecule has 1 saturated heterocycles. The van der Waals surface area contributed by atoms with Gasteiger partial charge < -0.3 is 9.84 Å². The van der Waals surface area contributed by atoms with Crippen LogP contribution < -0.4 is 5.32 Å². The zero-order valence-corrected chi connectivity index (χ0v) is 16.7. The summed E-state index contributed by atoms with van der Waals surface area (Å²) in [6.07, 6.45) is 2.90. The number of carbonyl (C=O) groups is 1. The van der Waals surface area contributed by atoms with E-state index in [1.807, 2.05) is 31.2 Å². The van der Waals surface area contributed by atoms with Crippen LogP contribution in [-0.2, 0) is 11.3 Å². The Morgan fingerprint density at radius 2 is 2.21 bits per heavy atom. The molecule has 3 heterocycles. The molecular weight excluding hydrogens is 376 g/mol. The van der Waals surface area contributed by atoms with Gasteiger partial charge in [-0.3, -0.25) is 9.69 Å². The molecule has 1 fully saturated rings. The molecule has 0 saturated carbocycles. The van der Waals surface area contributed by atoms with E-state index in [4.69, 9.17) is 4.52 Å². The normalized spacial score (nSPS) is 17.6. The number of piperidine rings is 1. The third kappa shape index (κ3) is 4.26. The number of aryl methyl sites for hydroxylation is 2. The van der Waals surface area contributed by atoms with E-state index in [0.717, 1.165) is 47.1 Å². The molecule has 0 spiro atoms. The Morgan fingerprint density at radius 1 is 1.32 bits per heavy atom. The first-order chi connectivity index (χ1) is 13.6. The second-order valence-corrected chi connectivity index (χ2v) is 8.10. The molecule has 4 rings (SSSR count). The largest absolute Gasteiger partial charge is 0.338 e. The van der Waals surface area contributed by atoms with Gasteiger partial charge in [-0.2, -0.15) is 4.98 Å². The van der Waals surface area contributed by atoms with Crippen LogP contribution in [0.15, 0.2) is 28.8 Å². The molecule has 1 aliphatic heterocycles. The fourth-order valence-electron chi connectivity index (χ4n) is 3.42. The van der Waals surface area contributed by atoms with Crippen molar-refractivity contribution in [2.75, 3.05) is 11.9 Å². The van der Waals surface area contributed by atoms with Crippen molar-refractivity contribution in [3.8, 4) is 10.6 Å². The fraction of sp³-hybridized carbons (Fsp3) is 0.421. The number of benzene rings is 1. The molecule has 1 amide bonds. The minimum absolute atomic E-state index is 0.0125. The van der Waals surface area contributed by atoms with Crippen molar-refractivity contribution in [3.63, 3.8) is 0 Å². The van der Waals surface area contributed by atoms with Gasteiger partial charge in [0, 0.05) is 11.3 Å². The number of hydrogen-bond acceptors (Lipinski definition) is 8. The maximum absolute atomic E-state index is 13.0. The first-order valence-electron chi connectivity index (χ1n) is 9.33. The highest BCUT2D eigenvalue weighted by Crippen LogP contribution is 2.26. The standard InChI is InChI=1S/C19H22N6O2S/c1-12-20-17(27-24-12)11-25-9-4-3-8-16(25)18(26)21-15-7-5-6-14(10-15)19-23-22-13(2)28-19/h5-7,10,16H,3-4,8-9,11H2,1-2H3,(H,21,26)/t16-/m1/s1. The van der Waals surface area contributed by atoms with Crippen molar-refractivity contribution in [1.29, 1.82) is 0 Å². The summed E-state index contributed by atoms with van der Waals surface area (Å²) in [7, 11) is 0. The summed E-state index contributed by atoms with van der Waals surface area (Å²) < 4.78 is 5.23. The highest BCUT2D eigenvalue weighted by Gasteiger charge is 2.30. The average Bonchev–Trinajstić information content (AvgIpc) is 3.30. The molecule has 1 atom stereocenters. The van der Waals surface area contributed by atoms with Crippen LogP contribution >= 0.6 is 11.3 Å². The van der Waals surface area contributed by atoms with E-state index in [-0.39, 0.29) is 11.9 Å². The molecule has 0 aliphatic carbocycles. The van der Waals surface area contributed by atoms with Gasteiger partial charge in [0.1, 0.15) is 10.0 Å². The topological polar surface area (TPSA) is 97.0 Å². The van der Waals surface area contributed by atoms with Gasteiger partial charge in [-0.25, -0.2) is 0 Å². The predicted octanol–water partition coefficient (Wildman–Crippen LogP) is 3.20. The Labute approximate surface area is 167 Å². The highest BCUT2D eigenvalue weighted by atomic mass is 32.1. The summed E-state index contributed by atoms with van der Waals surface area (Å²) in [4.78, 5) is 19.4. The van der Waals surface area contributed by atoms with Crippen LogP contribution in [0, 0.1) is 13.8 Å². The van der Waals surface area contributed by atoms with Crippen molar-refractivity contribution in [3.05, 3.63) is 41.0 Å². The molecule has 0 bridgehead atoms. The molecule has 1 aliphatic rings. The monoisotopic (exact) mass is 398 g/mol. The Balaban J connectivity index is 1.47. The quantitative estimate of drug-likeness (QED) is 0.705. The predicted molar refractivity (Wildman–Crippen MR) is 106 cm³/mol. The van der Waals surface area contributed by atoms with Gasteiger partial charge in [0.2, 0.25) is 11.8 Å². The molecule has 3 aromatic rings. The maximum atomic E-state index is 13.0. The smallest absolute Gasteiger partial charge is 0.241 e. The van der Waals surface area contributed by atoms with Crippen LogP contribution in [0.4, 0.5) is 5.69 Å². The molecule has 0 unspecified atom stereocenters. The van der Waals surface area contributed by atoms with E-state index >= 15 is 0 Å². The number of amides is 1. The SMILES string of the molecule is Cc1noc(CN2CCCC[C@@H]2C(=O)Nc2cccc(-c3nnc(C)s3)c2)n1. The second kappa shape index (κ2) is 8.15. The number of rotatable bonds is 5. The first-order valence-corrected chi connectivity index (χ1v) is 10.1. The number of nitrogens with zero attached hydrogens (tertiary/aromatic N) is 5. The van der Waals surface area contributed by atoms with Gasteiger partial charge in [0.25, 0.3) is 0 Å². The number of carbonyl (C=O) groups excluding carboxylic acids is 1. The lowest BCUT2D eigenvalue weighted by Gasteiger charge is -2.33. The maximum Gasteiger partial charge on any atom is 0.241 e. The first kappa shape index (κ1) is 18.7. The van der Waals surface area contributed by atoms with Crippen LogP contribution in [-0.4, -0.2) is 43.7 Å². The third-order valence-corrected chi connectivity index (χ3v) is 5.62. The lowest BCUT2D eigenvalue weighted by Crippen LogP contribution is -2.46. The molecule has 28 heavy (non-hydrogen) atoms. The van der Waals surface area contributed by atoms with Crippen molar-refractivity contribution in [2.24, 2.45) is 0 Å². The molecular formula is C19H22N6O2S.